The molecule has 0 spiro atoms. The van der Waals surface area contributed by atoms with Crippen molar-refractivity contribution in [1.29, 1.82) is 0 Å². The number of aryl methyl sites for hydroxylation is 1. The molecule has 29 heavy (non-hydrogen) atoms. The quantitative estimate of drug-likeness (QED) is 0.630. The fraction of sp³-hybridized carbons (Fsp3) is 0.350. The monoisotopic (exact) mass is 413 g/mol. The molecule has 0 N–H and O–H groups in total. The zero-order valence-corrected chi connectivity index (χ0v) is 16.7. The van der Waals surface area contributed by atoms with Gasteiger partial charge in [-0.1, -0.05) is 11.6 Å². The Bertz CT molecular complexity index is 995. The van der Waals surface area contributed by atoms with Crippen molar-refractivity contribution in [2.45, 2.75) is 32.2 Å². The van der Waals surface area contributed by atoms with Gasteiger partial charge in [0.15, 0.2) is 6.61 Å². The summed E-state index contributed by atoms with van der Waals surface area (Å²) >= 11 is 6.04. The number of amides is 1. The number of likely N-dealkylation sites (tertiary alicyclic amines) is 1. The highest BCUT2D eigenvalue weighted by molar-refractivity contribution is 6.31. The van der Waals surface area contributed by atoms with Gasteiger partial charge in [-0.2, -0.15) is 0 Å². The molecule has 2 aromatic heterocycles. The number of benzene rings is 1. The predicted molar refractivity (Wildman–Crippen MR) is 105 cm³/mol. The Balaban J connectivity index is 1.46. The largest absolute Gasteiger partial charge is 0.484 e. The van der Waals surface area contributed by atoms with E-state index in [0.29, 0.717) is 34.8 Å². The molecule has 8 nitrogen and oxygen atoms in total. The van der Waals surface area contributed by atoms with E-state index in [2.05, 4.69) is 20.2 Å². The van der Waals surface area contributed by atoms with E-state index in [1.165, 1.54) is 0 Å². The van der Waals surface area contributed by atoms with Crippen molar-refractivity contribution in [3.63, 3.8) is 0 Å². The van der Waals surface area contributed by atoms with Crippen LogP contribution >= 0.6 is 11.6 Å². The molecular formula is C20H20ClN5O3. The highest BCUT2D eigenvalue weighted by atomic mass is 35.5. The molecule has 1 fully saturated rings. The lowest BCUT2D eigenvalue weighted by Crippen LogP contribution is -2.41. The summed E-state index contributed by atoms with van der Waals surface area (Å²) < 4.78 is 11.5. The summed E-state index contributed by atoms with van der Waals surface area (Å²) in [6, 6.07) is 5.05. The molecule has 0 bridgehead atoms. The molecular weight excluding hydrogens is 394 g/mol. The molecule has 0 radical (unpaired) electrons. The summed E-state index contributed by atoms with van der Waals surface area (Å²) in [6.07, 6.45) is 7.36. The molecule has 0 aliphatic carbocycles. The molecule has 1 aliphatic heterocycles. The number of halogens is 1. The van der Waals surface area contributed by atoms with E-state index in [1.54, 1.807) is 35.6 Å². The summed E-state index contributed by atoms with van der Waals surface area (Å²) in [7, 11) is 0. The fourth-order valence-electron chi connectivity index (χ4n) is 3.30. The minimum absolute atomic E-state index is 0.0667. The molecule has 1 aromatic carbocycles. The number of carbonyl (C=O) groups excluding carboxylic acids is 1. The Morgan fingerprint density at radius 3 is 3.00 bits per heavy atom. The van der Waals surface area contributed by atoms with Gasteiger partial charge in [0.05, 0.1) is 6.20 Å². The maximum absolute atomic E-state index is 12.8. The van der Waals surface area contributed by atoms with Crippen LogP contribution in [-0.4, -0.2) is 44.1 Å². The molecule has 1 atom stereocenters. The summed E-state index contributed by atoms with van der Waals surface area (Å²) in [5.41, 5.74) is 1.40. The van der Waals surface area contributed by atoms with E-state index in [0.717, 1.165) is 24.8 Å². The number of piperidine rings is 1. The molecule has 0 saturated carbocycles. The first-order valence-corrected chi connectivity index (χ1v) is 9.78. The van der Waals surface area contributed by atoms with Crippen molar-refractivity contribution in [2.75, 3.05) is 13.2 Å². The zero-order chi connectivity index (χ0) is 20.2. The first kappa shape index (κ1) is 19.3. The van der Waals surface area contributed by atoms with Crippen LogP contribution in [0.3, 0.4) is 0 Å². The van der Waals surface area contributed by atoms with Gasteiger partial charge in [-0.25, -0.2) is 4.98 Å². The SMILES string of the molecule is Cc1cc(OCC(=O)N2CCCC[C@H]2c2nnc(-c3cnccn3)o2)ccc1Cl. The Hall–Kier alpha value is -3.00. The zero-order valence-electron chi connectivity index (χ0n) is 15.9. The molecule has 9 heteroatoms. The molecule has 150 valence electrons. The third-order valence-electron chi connectivity index (χ3n) is 4.82. The summed E-state index contributed by atoms with van der Waals surface area (Å²) in [5, 5.41) is 8.88. The maximum Gasteiger partial charge on any atom is 0.267 e. The normalized spacial score (nSPS) is 16.6. The molecule has 1 amide bonds. The number of rotatable bonds is 5. The average Bonchev–Trinajstić information content (AvgIpc) is 3.25. The first-order chi connectivity index (χ1) is 14.1. The summed E-state index contributed by atoms with van der Waals surface area (Å²) in [4.78, 5) is 22.8. The standard InChI is InChI=1S/C20H20ClN5O3/c1-13-10-14(5-6-15(13)21)28-12-18(27)26-9-3-2-4-17(26)20-25-24-19(29-20)16-11-22-7-8-23-16/h5-8,10-11,17H,2-4,9,12H2,1H3/t17-/m0/s1. The number of hydrogen-bond donors (Lipinski definition) is 0. The van der Waals surface area contributed by atoms with Crippen LogP contribution in [0.25, 0.3) is 11.6 Å². The van der Waals surface area contributed by atoms with Crippen molar-refractivity contribution in [3.05, 3.63) is 53.3 Å². The number of nitrogens with zero attached hydrogens (tertiary/aromatic N) is 5. The lowest BCUT2D eigenvalue weighted by atomic mass is 10.0. The highest BCUT2D eigenvalue weighted by Gasteiger charge is 2.32. The van der Waals surface area contributed by atoms with E-state index < -0.39 is 0 Å². The number of ether oxygens (including phenoxy) is 1. The van der Waals surface area contributed by atoms with Gasteiger partial charge in [0, 0.05) is 24.0 Å². The Morgan fingerprint density at radius 2 is 2.21 bits per heavy atom. The minimum Gasteiger partial charge on any atom is -0.484 e. The molecule has 3 heterocycles. The molecule has 1 aliphatic rings. The van der Waals surface area contributed by atoms with E-state index in [4.69, 9.17) is 20.8 Å². The molecule has 4 rings (SSSR count). The highest BCUT2D eigenvalue weighted by Crippen LogP contribution is 2.31. The van der Waals surface area contributed by atoms with Crippen LogP contribution < -0.4 is 4.74 Å². The predicted octanol–water partition coefficient (Wildman–Crippen LogP) is 3.62. The maximum atomic E-state index is 12.8. The lowest BCUT2D eigenvalue weighted by molar-refractivity contribution is -0.137. The third-order valence-corrected chi connectivity index (χ3v) is 5.25. The average molecular weight is 414 g/mol. The van der Waals surface area contributed by atoms with Gasteiger partial charge in [0.1, 0.15) is 17.5 Å². The van der Waals surface area contributed by atoms with Crippen molar-refractivity contribution >= 4 is 17.5 Å². The van der Waals surface area contributed by atoms with Crippen molar-refractivity contribution < 1.29 is 13.9 Å². The number of hydrogen-bond acceptors (Lipinski definition) is 7. The van der Waals surface area contributed by atoms with Gasteiger partial charge in [0.2, 0.25) is 5.89 Å². The van der Waals surface area contributed by atoms with Gasteiger partial charge < -0.3 is 14.1 Å². The van der Waals surface area contributed by atoms with E-state index in [1.807, 2.05) is 13.0 Å². The fourth-order valence-corrected chi connectivity index (χ4v) is 3.42. The van der Waals surface area contributed by atoms with Crippen LogP contribution in [0.4, 0.5) is 0 Å². The van der Waals surface area contributed by atoms with Crippen LogP contribution in [-0.2, 0) is 4.79 Å². The minimum atomic E-state index is -0.273. The topological polar surface area (TPSA) is 94.2 Å². The van der Waals surface area contributed by atoms with Crippen molar-refractivity contribution in [2.24, 2.45) is 0 Å². The van der Waals surface area contributed by atoms with Crippen LogP contribution in [0.1, 0.15) is 36.8 Å². The summed E-state index contributed by atoms with van der Waals surface area (Å²) in [6.45, 7) is 2.44. The van der Waals surface area contributed by atoms with E-state index >= 15 is 0 Å². The van der Waals surface area contributed by atoms with Gasteiger partial charge in [0.25, 0.3) is 11.8 Å². The third kappa shape index (κ3) is 4.37. The smallest absolute Gasteiger partial charge is 0.267 e. The molecule has 0 unspecified atom stereocenters. The van der Waals surface area contributed by atoms with Gasteiger partial charge in [-0.3, -0.25) is 9.78 Å². The van der Waals surface area contributed by atoms with Crippen LogP contribution in [0, 0.1) is 6.92 Å². The van der Waals surface area contributed by atoms with Crippen molar-refractivity contribution in [1.82, 2.24) is 25.1 Å². The van der Waals surface area contributed by atoms with E-state index in [-0.39, 0.29) is 18.6 Å². The van der Waals surface area contributed by atoms with Crippen LogP contribution in [0.5, 0.6) is 5.75 Å². The van der Waals surface area contributed by atoms with Crippen molar-refractivity contribution in [3.8, 4) is 17.3 Å². The molecule has 3 aromatic rings. The van der Waals surface area contributed by atoms with Gasteiger partial charge in [-0.15, -0.1) is 10.2 Å². The summed E-state index contributed by atoms with van der Waals surface area (Å²) in [5.74, 6) is 1.18. The lowest BCUT2D eigenvalue weighted by Gasteiger charge is -2.33. The Labute approximate surface area is 172 Å². The van der Waals surface area contributed by atoms with Gasteiger partial charge >= 0.3 is 0 Å². The number of aromatic nitrogens is 4. The van der Waals surface area contributed by atoms with Crippen LogP contribution in [0.15, 0.2) is 41.2 Å². The Kier molecular flexibility index (Phi) is 5.71. The second-order valence-corrected chi connectivity index (χ2v) is 7.24. The first-order valence-electron chi connectivity index (χ1n) is 9.40. The second-order valence-electron chi connectivity index (χ2n) is 6.83. The molecule has 1 saturated heterocycles. The van der Waals surface area contributed by atoms with E-state index in [9.17, 15) is 4.79 Å². The Morgan fingerprint density at radius 1 is 1.31 bits per heavy atom. The number of carbonyl (C=O) groups is 1. The second kappa shape index (κ2) is 8.57. The van der Waals surface area contributed by atoms with Gasteiger partial charge in [-0.05, 0) is 49.9 Å². The van der Waals surface area contributed by atoms with Crippen LogP contribution in [0.2, 0.25) is 5.02 Å².